The van der Waals surface area contributed by atoms with Gasteiger partial charge in [-0.1, -0.05) is 0 Å². The van der Waals surface area contributed by atoms with E-state index in [1.807, 2.05) is 0 Å². The number of rotatable bonds is 0. The number of hydrogen-bond acceptors (Lipinski definition) is 12. The maximum atomic E-state index is 8.25. The molecule has 20 nitrogen and oxygen atoms in total. The van der Waals surface area contributed by atoms with E-state index in [-0.39, 0.29) is 45.7 Å². The fourth-order valence-electron chi connectivity index (χ4n) is 0. The monoisotopic (exact) mass is 499 g/mol. The van der Waals surface area contributed by atoms with Gasteiger partial charge >= 0.3 is 21.1 Å². The zero-order valence-corrected chi connectivity index (χ0v) is 11.1. The summed E-state index contributed by atoms with van der Waals surface area (Å²) >= 11 is 0. The van der Waals surface area contributed by atoms with Crippen LogP contribution in [0.4, 0.5) is 0 Å². The normalized spacial score (nSPS) is 4.57. The number of nitrogens with zero attached hydrogens (tertiary/aromatic N) is 8. The number of hydrogen-bond donors (Lipinski definition) is 0. The minimum atomic E-state index is -1.75. The molecule has 21 heavy (non-hydrogen) atoms. The average molecular weight is 499 g/mol. The third-order valence-corrected chi connectivity index (χ3v) is 0. The Hall–Kier alpha value is -2.67. The summed E-state index contributed by atoms with van der Waals surface area (Å²) in [6, 6.07) is 0. The minimum absolute atomic E-state index is 0. The first-order valence-electron chi connectivity index (χ1n) is 2.19. The molecule has 0 spiro atoms. The summed E-state index contributed by atoms with van der Waals surface area (Å²) in [5, 5.41) is 59.0. The predicted molar refractivity (Wildman–Crippen MR) is 50.0 cm³/mol. The van der Waals surface area contributed by atoms with Crippen molar-refractivity contribution in [3.63, 3.8) is 0 Å². The molecule has 0 atom stereocenters. The first-order valence-corrected chi connectivity index (χ1v) is 2.19. The van der Waals surface area contributed by atoms with Gasteiger partial charge in [0.25, 0.3) is 0 Å². The molecule has 0 saturated carbocycles. The molecule has 0 N–H and O–H groups in total. The van der Waals surface area contributed by atoms with Gasteiger partial charge < -0.3 is 61.3 Å². The Kier molecular flexibility index (Phi) is 160. The van der Waals surface area contributed by atoms with Gasteiger partial charge in [-0.2, -0.15) is 0 Å². The zero-order chi connectivity index (χ0) is 14.3. The van der Waals surface area contributed by atoms with E-state index in [1.165, 1.54) is 0 Å². The first kappa shape index (κ1) is 63.2. The topological polar surface area (TPSA) is 387 Å². The van der Waals surface area contributed by atoms with Crippen LogP contribution in [0.3, 0.4) is 0 Å². The largest absolute Gasteiger partial charge is 4.00 e. The molecular formula is N8O12Pt. The summed E-state index contributed by atoms with van der Waals surface area (Å²) in [7, 11) is 0. The van der Waals surface area contributed by atoms with E-state index in [2.05, 4.69) is 0 Å². The van der Waals surface area contributed by atoms with Gasteiger partial charge in [-0.05, 0) is 0 Å². The molecule has 0 bridgehead atoms. The molecule has 0 rings (SSSR count). The first-order chi connectivity index (χ1) is 6.93. The van der Waals surface area contributed by atoms with Crippen molar-refractivity contribution in [1.29, 1.82) is 0 Å². The third kappa shape index (κ3) is 570. The van der Waals surface area contributed by atoms with E-state index in [0.29, 0.717) is 0 Å². The predicted octanol–water partition coefficient (Wildman–Crippen LogP) is -2.88. The van der Waals surface area contributed by atoms with Gasteiger partial charge in [-0.25, -0.2) is 0 Å². The van der Waals surface area contributed by atoms with Gasteiger partial charge in [0.2, 0.25) is 0 Å². The molecule has 122 valence electrons. The van der Waals surface area contributed by atoms with E-state index in [4.69, 9.17) is 61.3 Å². The molecule has 21 heteroatoms. The van der Waals surface area contributed by atoms with Gasteiger partial charge in [-0.15, -0.1) is 0 Å². The molecule has 0 fully saturated rings. The van der Waals surface area contributed by atoms with Gasteiger partial charge in [0.15, 0.2) is 0 Å². The van der Waals surface area contributed by atoms with Crippen LogP contribution in [0.15, 0.2) is 0 Å². The van der Waals surface area contributed by atoms with Gasteiger partial charge in [0, 0.05) is 24.6 Å². The Labute approximate surface area is 128 Å². The van der Waals surface area contributed by atoms with Crippen molar-refractivity contribution in [2.75, 3.05) is 0 Å². The second-order valence-corrected chi connectivity index (χ2v) is 0.894. The van der Waals surface area contributed by atoms with E-state index >= 15 is 0 Å². The van der Waals surface area contributed by atoms with Crippen molar-refractivity contribution in [3.8, 4) is 0 Å². The summed E-state index contributed by atoms with van der Waals surface area (Å²) in [4.78, 5) is 33.0. The summed E-state index contributed by atoms with van der Waals surface area (Å²) in [6.45, 7) is 0. The van der Waals surface area contributed by atoms with Gasteiger partial charge in [-0.3, -0.25) is 0 Å². The van der Waals surface area contributed by atoms with Gasteiger partial charge in [0.05, 0.1) is 20.3 Å². The van der Waals surface area contributed by atoms with Crippen molar-refractivity contribution in [2.45, 2.75) is 0 Å². The van der Waals surface area contributed by atoms with Crippen molar-refractivity contribution < 1.29 is 41.4 Å². The Morgan fingerprint density at radius 3 is 0.381 bits per heavy atom. The van der Waals surface area contributed by atoms with Crippen LogP contribution in [0.2, 0.25) is 0 Å². The van der Waals surface area contributed by atoms with E-state index in [0.717, 1.165) is 0 Å². The van der Waals surface area contributed by atoms with Crippen molar-refractivity contribution in [3.05, 3.63) is 61.3 Å². The van der Waals surface area contributed by atoms with Crippen LogP contribution >= 0.6 is 0 Å². The fourth-order valence-corrected chi connectivity index (χ4v) is 0. The Balaban J connectivity index is -0.0000000121. The maximum absolute atomic E-state index is 8.25. The summed E-state index contributed by atoms with van der Waals surface area (Å²) in [6.07, 6.45) is 0. The molecule has 0 aliphatic carbocycles. The van der Waals surface area contributed by atoms with Crippen LogP contribution in [0, 0.1) is 61.3 Å². The molecule has 0 aliphatic heterocycles. The van der Waals surface area contributed by atoms with Crippen molar-refractivity contribution >= 4 is 0 Å². The standard InChI is InChI=1S/4NO3.4N.Pt/c4*2-1(3)4;;;;;/q4*-1;;;;;+4. The molecular weight excluding hydrogens is 499 g/mol. The van der Waals surface area contributed by atoms with E-state index in [9.17, 15) is 0 Å². The fraction of sp³-hybridized carbons (Fsp3) is 0. The summed E-state index contributed by atoms with van der Waals surface area (Å²) < 4.78 is 0. The van der Waals surface area contributed by atoms with Crippen molar-refractivity contribution in [2.24, 2.45) is 0 Å². The molecule has 12 radical (unpaired) electrons. The van der Waals surface area contributed by atoms with Crippen LogP contribution in [0.25, 0.3) is 0 Å². The molecule has 0 amide bonds. The molecule has 0 aromatic heterocycles. The SMILES string of the molecule is O=[N+]([O-])[O-].O=[N+]([O-])[O-].O=[N+]([O-])[O-].O=[N+]([O-])[O-].[N].[N].[N].[N].[Pt+4]. The van der Waals surface area contributed by atoms with Crippen LogP contribution in [-0.2, 0) is 21.1 Å². The smallest absolute Gasteiger partial charge is 0.356 e. The zero-order valence-electron chi connectivity index (χ0n) is 8.79. The third-order valence-electron chi connectivity index (χ3n) is 0. The van der Waals surface area contributed by atoms with E-state index < -0.39 is 20.3 Å². The molecule has 0 aromatic carbocycles. The Bertz CT molecular complexity index is 165. The Morgan fingerprint density at radius 1 is 0.381 bits per heavy atom. The van der Waals surface area contributed by atoms with Crippen LogP contribution in [-0.4, -0.2) is 20.3 Å². The summed E-state index contributed by atoms with van der Waals surface area (Å²) in [5.74, 6) is 0. The second-order valence-electron chi connectivity index (χ2n) is 0.894. The molecule has 0 aromatic rings. The summed E-state index contributed by atoms with van der Waals surface area (Å²) in [5.41, 5.74) is 0. The van der Waals surface area contributed by atoms with Crippen molar-refractivity contribution in [1.82, 2.24) is 24.6 Å². The van der Waals surface area contributed by atoms with Crippen LogP contribution in [0.5, 0.6) is 0 Å². The quantitative estimate of drug-likeness (QED) is 0.239. The van der Waals surface area contributed by atoms with Crippen LogP contribution in [0.1, 0.15) is 0 Å². The second kappa shape index (κ2) is 53.1. The average Bonchev–Trinajstić information content (AvgIpc) is 1.76. The Morgan fingerprint density at radius 2 is 0.381 bits per heavy atom. The van der Waals surface area contributed by atoms with E-state index in [1.54, 1.807) is 0 Å². The minimum Gasteiger partial charge on any atom is -0.356 e. The maximum Gasteiger partial charge on any atom is 4.00 e. The molecule has 0 saturated heterocycles. The van der Waals surface area contributed by atoms with Gasteiger partial charge in [0.1, 0.15) is 0 Å². The molecule has 0 unspecified atom stereocenters. The molecule has 0 heterocycles. The van der Waals surface area contributed by atoms with Crippen LogP contribution < -0.4 is 24.6 Å². The molecule has 0 aliphatic rings.